The van der Waals surface area contributed by atoms with Crippen molar-refractivity contribution in [3.63, 3.8) is 0 Å². The molecule has 7 nitrogen and oxygen atoms in total. The van der Waals surface area contributed by atoms with Gasteiger partial charge in [0.1, 0.15) is 17.9 Å². The molecule has 176 valence electrons. The maximum atomic E-state index is 12.8. The number of aromatic nitrogens is 2. The standard InChI is InChI=1S/C21H25F3N4O2.CH4O/c1-13-10-19(25-16-4-3-8-28(12-16)14(2)7-9-29)26-27-20(13)17-6-5-15(11-18(17)30)21(22,23)24;1-2/h5-6,9-11,14,16,30H,3-4,7-8,12H2,1-2H3,(H,25,26);2H,1H3. The van der Waals surface area contributed by atoms with Crippen LogP contribution in [-0.2, 0) is 11.0 Å². The smallest absolute Gasteiger partial charge is 0.416 e. The van der Waals surface area contributed by atoms with Crippen LogP contribution < -0.4 is 5.32 Å². The van der Waals surface area contributed by atoms with Crippen LogP contribution in [0.3, 0.4) is 0 Å². The molecule has 2 atom stereocenters. The molecule has 1 saturated heterocycles. The van der Waals surface area contributed by atoms with Crippen LogP contribution in [0.1, 0.15) is 37.3 Å². The van der Waals surface area contributed by atoms with Gasteiger partial charge in [0, 0.05) is 37.7 Å². The van der Waals surface area contributed by atoms with Crippen molar-refractivity contribution in [1.29, 1.82) is 0 Å². The largest absolute Gasteiger partial charge is 0.507 e. The third-order valence-electron chi connectivity index (χ3n) is 5.43. The summed E-state index contributed by atoms with van der Waals surface area (Å²) in [7, 11) is 1.00. The number of hydrogen-bond donors (Lipinski definition) is 3. The van der Waals surface area contributed by atoms with E-state index in [1.807, 2.05) is 6.92 Å². The number of benzene rings is 1. The fraction of sp³-hybridized carbons (Fsp3) is 0.500. The fourth-order valence-electron chi connectivity index (χ4n) is 3.75. The highest BCUT2D eigenvalue weighted by Gasteiger charge is 2.31. The van der Waals surface area contributed by atoms with E-state index < -0.39 is 17.5 Å². The molecule has 0 radical (unpaired) electrons. The number of alkyl halides is 3. The highest BCUT2D eigenvalue weighted by Crippen LogP contribution is 2.36. The maximum Gasteiger partial charge on any atom is 0.416 e. The molecule has 1 aromatic heterocycles. The van der Waals surface area contributed by atoms with Gasteiger partial charge in [-0.3, -0.25) is 4.90 Å². The van der Waals surface area contributed by atoms with Crippen molar-refractivity contribution in [1.82, 2.24) is 15.1 Å². The summed E-state index contributed by atoms with van der Waals surface area (Å²) in [4.78, 5) is 13.0. The summed E-state index contributed by atoms with van der Waals surface area (Å²) in [6.45, 7) is 5.54. The van der Waals surface area contributed by atoms with Gasteiger partial charge in [-0.25, -0.2) is 0 Å². The predicted octanol–water partition coefficient (Wildman–Crippen LogP) is 3.64. The Kier molecular flexibility index (Phi) is 8.97. The number of carbonyl (C=O) groups is 1. The minimum atomic E-state index is -4.53. The van der Waals surface area contributed by atoms with Gasteiger partial charge in [-0.2, -0.15) is 13.2 Å². The number of aliphatic hydroxyl groups is 1. The number of aryl methyl sites for hydroxylation is 1. The summed E-state index contributed by atoms with van der Waals surface area (Å²) in [6.07, 6.45) is -1.12. The van der Waals surface area contributed by atoms with E-state index in [2.05, 4.69) is 20.4 Å². The van der Waals surface area contributed by atoms with Crippen LogP contribution in [0.2, 0.25) is 0 Å². The molecule has 0 amide bonds. The molecule has 1 aliphatic heterocycles. The van der Waals surface area contributed by atoms with E-state index >= 15 is 0 Å². The van der Waals surface area contributed by atoms with Gasteiger partial charge in [-0.1, -0.05) is 0 Å². The maximum absolute atomic E-state index is 12.8. The molecule has 32 heavy (non-hydrogen) atoms. The number of nitrogens with one attached hydrogen (secondary N) is 1. The average molecular weight is 454 g/mol. The lowest BCUT2D eigenvalue weighted by atomic mass is 10.0. The van der Waals surface area contributed by atoms with Crippen LogP contribution in [0.5, 0.6) is 5.75 Å². The van der Waals surface area contributed by atoms with E-state index in [-0.39, 0.29) is 17.6 Å². The lowest BCUT2D eigenvalue weighted by Crippen LogP contribution is -2.46. The van der Waals surface area contributed by atoms with Crippen LogP contribution >= 0.6 is 0 Å². The summed E-state index contributed by atoms with van der Waals surface area (Å²) in [5, 5.41) is 28.7. The van der Waals surface area contributed by atoms with Gasteiger partial charge in [0.15, 0.2) is 0 Å². The number of hydrogen-bond acceptors (Lipinski definition) is 7. The molecule has 2 heterocycles. The normalized spacial score (nSPS) is 17.8. The highest BCUT2D eigenvalue weighted by atomic mass is 19.4. The molecular weight excluding hydrogens is 425 g/mol. The molecule has 0 aliphatic carbocycles. The summed E-state index contributed by atoms with van der Waals surface area (Å²) < 4.78 is 38.4. The molecule has 2 aromatic rings. The Balaban J connectivity index is 0.00000176. The van der Waals surface area contributed by atoms with Gasteiger partial charge in [0.2, 0.25) is 0 Å². The number of piperidine rings is 1. The predicted molar refractivity (Wildman–Crippen MR) is 115 cm³/mol. The Morgan fingerprint density at radius 2 is 2.00 bits per heavy atom. The molecule has 10 heteroatoms. The van der Waals surface area contributed by atoms with Gasteiger partial charge in [-0.05, 0) is 63.1 Å². The minimum absolute atomic E-state index is 0.159. The van der Waals surface area contributed by atoms with Gasteiger partial charge in [0.05, 0.1) is 11.3 Å². The van der Waals surface area contributed by atoms with Crippen molar-refractivity contribution in [3.8, 4) is 17.0 Å². The molecule has 0 spiro atoms. The van der Waals surface area contributed by atoms with Gasteiger partial charge >= 0.3 is 6.18 Å². The zero-order valence-electron chi connectivity index (χ0n) is 18.4. The van der Waals surface area contributed by atoms with Crippen LogP contribution in [0, 0.1) is 6.92 Å². The number of carbonyl (C=O) groups excluding carboxylic acids is 1. The molecule has 3 rings (SSSR count). The molecule has 1 aliphatic rings. The van der Waals surface area contributed by atoms with E-state index in [0.717, 1.165) is 45.4 Å². The zero-order valence-corrected chi connectivity index (χ0v) is 18.4. The van der Waals surface area contributed by atoms with E-state index in [0.29, 0.717) is 29.6 Å². The Bertz CT molecular complexity index is 908. The first kappa shape index (κ1) is 25.5. The van der Waals surface area contributed by atoms with Gasteiger partial charge < -0.3 is 20.3 Å². The van der Waals surface area contributed by atoms with E-state index in [9.17, 15) is 23.1 Å². The van der Waals surface area contributed by atoms with Crippen molar-refractivity contribution in [2.24, 2.45) is 0 Å². The summed E-state index contributed by atoms with van der Waals surface area (Å²) >= 11 is 0. The van der Waals surface area contributed by atoms with Crippen molar-refractivity contribution in [2.75, 3.05) is 25.5 Å². The Morgan fingerprint density at radius 1 is 1.28 bits per heavy atom. The van der Waals surface area contributed by atoms with Gasteiger partial charge in [-0.15, -0.1) is 10.2 Å². The number of aldehydes is 1. The Hall–Kier alpha value is -2.72. The lowest BCUT2D eigenvalue weighted by molar-refractivity contribution is -0.137. The number of phenols is 1. The van der Waals surface area contributed by atoms with Crippen molar-refractivity contribution in [2.45, 2.75) is 51.4 Å². The fourth-order valence-corrected chi connectivity index (χ4v) is 3.75. The molecule has 0 saturated carbocycles. The number of nitrogens with zero attached hydrogens (tertiary/aromatic N) is 3. The first-order valence-electron chi connectivity index (χ1n) is 10.3. The lowest BCUT2D eigenvalue weighted by Gasteiger charge is -2.36. The number of halogens is 3. The third-order valence-corrected chi connectivity index (χ3v) is 5.43. The molecule has 1 fully saturated rings. The highest BCUT2D eigenvalue weighted by molar-refractivity contribution is 5.70. The van der Waals surface area contributed by atoms with Crippen molar-refractivity contribution >= 4 is 12.1 Å². The second kappa shape index (κ2) is 11.2. The number of aliphatic hydroxyl groups excluding tert-OH is 1. The van der Waals surface area contributed by atoms with Crippen LogP contribution in [0.15, 0.2) is 24.3 Å². The second-order valence-corrected chi connectivity index (χ2v) is 7.72. The number of phenolic OH excluding ortho intramolecular Hbond substituents is 1. The molecular formula is C22H29F3N4O3. The first-order valence-corrected chi connectivity index (χ1v) is 10.3. The second-order valence-electron chi connectivity index (χ2n) is 7.72. The van der Waals surface area contributed by atoms with E-state index in [1.54, 1.807) is 13.0 Å². The average Bonchev–Trinajstić information content (AvgIpc) is 2.75. The van der Waals surface area contributed by atoms with Crippen molar-refractivity contribution in [3.05, 3.63) is 35.4 Å². The minimum Gasteiger partial charge on any atom is -0.507 e. The van der Waals surface area contributed by atoms with Crippen LogP contribution in [-0.4, -0.2) is 63.9 Å². The zero-order chi connectivity index (χ0) is 23.9. The van der Waals surface area contributed by atoms with E-state index in [1.165, 1.54) is 6.07 Å². The van der Waals surface area contributed by atoms with Crippen LogP contribution in [0.4, 0.5) is 19.0 Å². The van der Waals surface area contributed by atoms with Gasteiger partial charge in [0.25, 0.3) is 0 Å². The molecule has 1 aromatic carbocycles. The topological polar surface area (TPSA) is 98.6 Å². The summed E-state index contributed by atoms with van der Waals surface area (Å²) in [6, 6.07) is 4.93. The molecule has 0 bridgehead atoms. The first-order chi connectivity index (χ1) is 15.2. The number of likely N-dealkylation sites (tertiary alicyclic amines) is 1. The third kappa shape index (κ3) is 6.39. The SMILES string of the molecule is CO.Cc1cc(NC2CCCN(C(C)CC=O)C2)nnc1-c1ccc(C(F)(F)F)cc1O. The number of anilines is 1. The monoisotopic (exact) mass is 454 g/mol. The summed E-state index contributed by atoms with van der Waals surface area (Å²) in [5.41, 5.74) is 0.297. The molecule has 3 N–H and O–H groups in total. The molecule has 2 unspecified atom stereocenters. The summed E-state index contributed by atoms with van der Waals surface area (Å²) in [5.74, 6) is 0.0764. The van der Waals surface area contributed by atoms with Crippen LogP contribution in [0.25, 0.3) is 11.3 Å². The quantitative estimate of drug-likeness (QED) is 0.573. The Morgan fingerprint density at radius 3 is 2.59 bits per heavy atom. The van der Waals surface area contributed by atoms with Crippen molar-refractivity contribution < 1.29 is 28.2 Å². The number of rotatable bonds is 6. The number of aromatic hydroxyl groups is 1. The van der Waals surface area contributed by atoms with E-state index in [4.69, 9.17) is 5.11 Å². The Labute approximate surface area is 185 Å².